The fourth-order valence-corrected chi connectivity index (χ4v) is 1.09. The molecule has 0 saturated heterocycles. The van der Waals surface area contributed by atoms with Crippen LogP contribution in [0.4, 0.5) is 0 Å². The number of thioether (sulfide) groups is 1. The first-order valence-corrected chi connectivity index (χ1v) is 3.73. The van der Waals surface area contributed by atoms with Gasteiger partial charge in [0.25, 0.3) is 0 Å². The average molecular weight is 142 g/mol. The van der Waals surface area contributed by atoms with Gasteiger partial charge in [-0.05, 0) is 5.75 Å². The zero-order valence-corrected chi connectivity index (χ0v) is 6.27. The van der Waals surface area contributed by atoms with Crippen LogP contribution in [0.2, 0.25) is 0 Å². The van der Waals surface area contributed by atoms with E-state index in [-0.39, 0.29) is 0 Å². The molecule has 0 spiro atoms. The lowest BCUT2D eigenvalue weighted by molar-refractivity contribution is 0.685. The van der Waals surface area contributed by atoms with Crippen molar-refractivity contribution < 1.29 is 0 Å². The van der Waals surface area contributed by atoms with Crippen molar-refractivity contribution in [1.82, 2.24) is 14.8 Å². The summed E-state index contributed by atoms with van der Waals surface area (Å²) in [4.78, 5) is 3.90. The van der Waals surface area contributed by atoms with Crippen LogP contribution in [0.5, 0.6) is 0 Å². The lowest BCUT2D eigenvalue weighted by Crippen LogP contribution is -1.92. The predicted molar refractivity (Wildman–Crippen MR) is 36.2 cm³/mol. The van der Waals surface area contributed by atoms with Crippen LogP contribution in [0.3, 0.4) is 0 Å². The normalized spacial score (nSPS) is 10.0. The van der Waals surface area contributed by atoms with E-state index in [0.29, 0.717) is 0 Å². The molecule has 1 aromatic heterocycles. The van der Waals surface area contributed by atoms with Gasteiger partial charge in [0.15, 0.2) is 5.16 Å². The summed E-state index contributed by atoms with van der Waals surface area (Å²) < 4.78 is 1.72. The summed E-state index contributed by atoms with van der Waals surface area (Å²) in [6.07, 6.45) is 2.52. The largest absolute Gasteiger partial charge is 0.243 e. The first-order valence-electron chi connectivity index (χ1n) is 2.74. The monoisotopic (exact) mass is 142 g/mol. The Morgan fingerprint density at radius 2 is 2.56 bits per heavy atom. The summed E-state index contributed by atoms with van der Waals surface area (Å²) in [5, 5.41) is 4.72. The van der Waals surface area contributed by atoms with Crippen molar-refractivity contribution in [2.45, 2.75) is 12.1 Å². The molecule has 1 rings (SSSR count). The number of nitrogens with zero attached hydrogens (tertiary/aromatic N) is 3. The topological polar surface area (TPSA) is 30.7 Å². The van der Waals surface area contributed by atoms with Crippen molar-refractivity contribution >= 4 is 11.8 Å². The Bertz CT molecular complexity index is 184. The van der Waals surface area contributed by atoms with Crippen LogP contribution in [0, 0.1) is 6.33 Å². The third kappa shape index (κ3) is 1.45. The highest BCUT2D eigenvalue weighted by atomic mass is 32.2. The summed E-state index contributed by atoms with van der Waals surface area (Å²) in [5.74, 6) is 1.03. The highest BCUT2D eigenvalue weighted by molar-refractivity contribution is 7.99. The third-order valence-electron chi connectivity index (χ3n) is 0.891. The van der Waals surface area contributed by atoms with Crippen LogP contribution in [-0.4, -0.2) is 20.5 Å². The fourth-order valence-electron chi connectivity index (χ4n) is 0.502. The van der Waals surface area contributed by atoms with Gasteiger partial charge < -0.3 is 0 Å². The van der Waals surface area contributed by atoms with Crippen LogP contribution < -0.4 is 0 Å². The molecule has 49 valence electrons. The zero-order chi connectivity index (χ0) is 6.69. The van der Waals surface area contributed by atoms with E-state index in [1.165, 1.54) is 0 Å². The lowest BCUT2D eigenvalue weighted by atomic mass is 11.0. The predicted octanol–water partition coefficient (Wildman–Crippen LogP) is 0.727. The lowest BCUT2D eigenvalue weighted by Gasteiger charge is -1.93. The summed E-state index contributed by atoms with van der Waals surface area (Å²) in [5.41, 5.74) is 0. The van der Waals surface area contributed by atoms with Gasteiger partial charge in [-0.3, -0.25) is 0 Å². The van der Waals surface area contributed by atoms with Crippen LogP contribution in [0.25, 0.3) is 0 Å². The van der Waals surface area contributed by atoms with E-state index >= 15 is 0 Å². The number of hydrogen-bond donors (Lipinski definition) is 0. The van der Waals surface area contributed by atoms with Gasteiger partial charge in [-0.15, -0.1) is 5.10 Å². The van der Waals surface area contributed by atoms with Crippen molar-refractivity contribution in [3.8, 4) is 0 Å². The summed E-state index contributed by atoms with van der Waals surface area (Å²) in [7, 11) is 1.86. The van der Waals surface area contributed by atoms with E-state index in [1.807, 2.05) is 7.05 Å². The molecule has 0 aliphatic rings. The van der Waals surface area contributed by atoms with Gasteiger partial charge in [0, 0.05) is 7.05 Å². The van der Waals surface area contributed by atoms with Crippen LogP contribution in [-0.2, 0) is 7.05 Å². The molecule has 0 N–H and O–H groups in total. The first kappa shape index (κ1) is 6.61. The van der Waals surface area contributed by atoms with Crippen molar-refractivity contribution in [3.05, 3.63) is 6.33 Å². The van der Waals surface area contributed by atoms with E-state index < -0.39 is 0 Å². The Kier molecular flexibility index (Phi) is 2.10. The van der Waals surface area contributed by atoms with Gasteiger partial charge in [-0.25, -0.2) is 4.68 Å². The summed E-state index contributed by atoms with van der Waals surface area (Å²) in [6.45, 7) is 2.08. The quantitative estimate of drug-likeness (QED) is 0.570. The van der Waals surface area contributed by atoms with Crippen LogP contribution in [0.15, 0.2) is 5.16 Å². The van der Waals surface area contributed by atoms with Gasteiger partial charge in [-0.2, -0.15) is 4.98 Å². The first-order chi connectivity index (χ1) is 4.34. The Balaban J connectivity index is 2.69. The molecule has 0 amide bonds. The molecule has 1 aromatic rings. The molecule has 1 radical (unpaired) electrons. The summed E-state index contributed by atoms with van der Waals surface area (Å²) in [6, 6.07) is 0. The maximum Gasteiger partial charge on any atom is 0.221 e. The standard InChI is InChI=1S/C5H8N3S/c1-3-9-5-6-4-7-8(5)2/h3H2,1-2H3. The molecule has 0 fully saturated rings. The summed E-state index contributed by atoms with van der Waals surface area (Å²) >= 11 is 1.67. The molecular weight excluding hydrogens is 134 g/mol. The van der Waals surface area contributed by atoms with Crippen LogP contribution >= 0.6 is 11.8 Å². The van der Waals surface area contributed by atoms with Gasteiger partial charge >= 0.3 is 0 Å². The molecule has 4 heteroatoms. The number of aryl methyl sites for hydroxylation is 1. The molecule has 9 heavy (non-hydrogen) atoms. The minimum absolute atomic E-state index is 0.928. The molecule has 0 aliphatic carbocycles. The van der Waals surface area contributed by atoms with E-state index in [0.717, 1.165) is 10.9 Å². The number of hydrogen-bond acceptors (Lipinski definition) is 3. The molecular formula is C5H8N3S. The molecule has 0 bridgehead atoms. The molecule has 3 nitrogen and oxygen atoms in total. The van der Waals surface area contributed by atoms with Crippen LogP contribution in [0.1, 0.15) is 6.92 Å². The second-order valence-electron chi connectivity index (χ2n) is 1.55. The van der Waals surface area contributed by atoms with Gasteiger partial charge in [-0.1, -0.05) is 18.7 Å². The smallest absolute Gasteiger partial charge is 0.221 e. The van der Waals surface area contributed by atoms with Crippen molar-refractivity contribution in [1.29, 1.82) is 0 Å². The average Bonchev–Trinajstić information content (AvgIpc) is 2.18. The van der Waals surface area contributed by atoms with Crippen molar-refractivity contribution in [2.24, 2.45) is 7.05 Å². The van der Waals surface area contributed by atoms with E-state index in [2.05, 4.69) is 23.3 Å². The van der Waals surface area contributed by atoms with E-state index in [9.17, 15) is 0 Å². The Morgan fingerprint density at radius 3 is 3.00 bits per heavy atom. The molecule has 0 unspecified atom stereocenters. The van der Waals surface area contributed by atoms with E-state index in [1.54, 1.807) is 16.4 Å². The number of rotatable bonds is 2. The van der Waals surface area contributed by atoms with Crippen molar-refractivity contribution in [3.63, 3.8) is 0 Å². The maximum atomic E-state index is 3.90. The minimum Gasteiger partial charge on any atom is -0.243 e. The molecule has 0 aromatic carbocycles. The fraction of sp³-hybridized carbons (Fsp3) is 0.600. The number of aromatic nitrogens is 3. The second kappa shape index (κ2) is 2.87. The van der Waals surface area contributed by atoms with Gasteiger partial charge in [0.1, 0.15) is 0 Å². The Morgan fingerprint density at radius 1 is 1.78 bits per heavy atom. The van der Waals surface area contributed by atoms with Gasteiger partial charge in [0.2, 0.25) is 6.33 Å². The minimum atomic E-state index is 0.928. The SMILES string of the molecule is CCSc1n[c]nn1C. The Labute approximate surface area is 58.5 Å². The third-order valence-corrected chi connectivity index (χ3v) is 1.79. The maximum absolute atomic E-state index is 3.90. The second-order valence-corrected chi connectivity index (χ2v) is 2.78. The zero-order valence-electron chi connectivity index (χ0n) is 5.46. The van der Waals surface area contributed by atoms with Gasteiger partial charge in [0.05, 0.1) is 0 Å². The highest BCUT2D eigenvalue weighted by Gasteiger charge is 1.96. The highest BCUT2D eigenvalue weighted by Crippen LogP contribution is 2.10. The Hall–Kier alpha value is -0.510. The molecule has 0 saturated carbocycles. The molecule has 0 atom stereocenters. The van der Waals surface area contributed by atoms with E-state index in [4.69, 9.17) is 0 Å². The van der Waals surface area contributed by atoms with Crippen molar-refractivity contribution in [2.75, 3.05) is 5.75 Å². The molecule has 0 aliphatic heterocycles. The molecule has 1 heterocycles.